The van der Waals surface area contributed by atoms with Crippen LogP contribution in [0.3, 0.4) is 0 Å². The van der Waals surface area contributed by atoms with Gasteiger partial charge in [0.05, 0.1) is 17.6 Å². The predicted octanol–water partition coefficient (Wildman–Crippen LogP) is 3.71. The number of esters is 1. The molecule has 1 atom stereocenters. The zero-order chi connectivity index (χ0) is 20.5. The molecule has 0 fully saturated rings. The standard InChI is InChI=1S/C21H26N2O5/c1-4-12-27-20-14-17(23(25)26)10-11-19(20)21(24)28-15-18(22(2)3)13-16-8-6-5-7-9-16/h5-11,14,18H,4,12-13,15H2,1-3H3/t18-/m0/s1. The lowest BCUT2D eigenvalue weighted by molar-refractivity contribution is -0.384. The highest BCUT2D eigenvalue weighted by Gasteiger charge is 2.21. The monoisotopic (exact) mass is 386 g/mol. The van der Waals surface area contributed by atoms with Crippen molar-refractivity contribution in [1.29, 1.82) is 0 Å². The van der Waals surface area contributed by atoms with Crippen LogP contribution >= 0.6 is 0 Å². The molecule has 0 saturated heterocycles. The molecule has 28 heavy (non-hydrogen) atoms. The lowest BCUT2D eigenvalue weighted by Gasteiger charge is -2.24. The third-order valence-electron chi connectivity index (χ3n) is 4.31. The smallest absolute Gasteiger partial charge is 0.341 e. The van der Waals surface area contributed by atoms with Gasteiger partial charge < -0.3 is 14.4 Å². The molecule has 2 rings (SSSR count). The van der Waals surface area contributed by atoms with E-state index in [0.717, 1.165) is 18.4 Å². The van der Waals surface area contributed by atoms with Gasteiger partial charge in [-0.1, -0.05) is 37.3 Å². The highest BCUT2D eigenvalue weighted by molar-refractivity contribution is 5.93. The molecule has 7 nitrogen and oxygen atoms in total. The molecule has 2 aromatic rings. The van der Waals surface area contributed by atoms with E-state index < -0.39 is 10.9 Å². The van der Waals surface area contributed by atoms with E-state index >= 15 is 0 Å². The lowest BCUT2D eigenvalue weighted by Crippen LogP contribution is -2.35. The second-order valence-corrected chi connectivity index (χ2v) is 6.69. The Bertz CT molecular complexity index is 793. The fourth-order valence-electron chi connectivity index (χ4n) is 2.65. The molecule has 0 aliphatic carbocycles. The first-order chi connectivity index (χ1) is 13.4. The second-order valence-electron chi connectivity index (χ2n) is 6.69. The van der Waals surface area contributed by atoms with Gasteiger partial charge in [-0.2, -0.15) is 0 Å². The molecule has 0 unspecified atom stereocenters. The Balaban J connectivity index is 2.10. The van der Waals surface area contributed by atoms with Gasteiger partial charge in [-0.25, -0.2) is 4.79 Å². The average Bonchev–Trinajstić information content (AvgIpc) is 2.69. The topological polar surface area (TPSA) is 81.9 Å². The van der Waals surface area contributed by atoms with Gasteiger partial charge in [0.15, 0.2) is 0 Å². The van der Waals surface area contributed by atoms with E-state index in [2.05, 4.69) is 0 Å². The summed E-state index contributed by atoms with van der Waals surface area (Å²) in [5, 5.41) is 11.0. The van der Waals surface area contributed by atoms with Crippen LogP contribution in [0.4, 0.5) is 5.69 Å². The minimum Gasteiger partial charge on any atom is -0.492 e. The number of nitro benzene ring substituents is 1. The maximum absolute atomic E-state index is 12.6. The fourth-order valence-corrected chi connectivity index (χ4v) is 2.65. The predicted molar refractivity (Wildman–Crippen MR) is 107 cm³/mol. The number of hydrogen-bond acceptors (Lipinski definition) is 6. The van der Waals surface area contributed by atoms with Crippen LogP contribution in [-0.4, -0.2) is 49.1 Å². The van der Waals surface area contributed by atoms with Crippen LogP contribution in [0.2, 0.25) is 0 Å². The van der Waals surface area contributed by atoms with Crippen molar-refractivity contribution in [2.75, 3.05) is 27.3 Å². The Hall–Kier alpha value is -2.93. The van der Waals surface area contributed by atoms with Crippen LogP contribution in [0.25, 0.3) is 0 Å². The number of nitro groups is 1. The van der Waals surface area contributed by atoms with Crippen molar-refractivity contribution < 1.29 is 19.2 Å². The van der Waals surface area contributed by atoms with Gasteiger partial charge in [-0.15, -0.1) is 0 Å². The third-order valence-corrected chi connectivity index (χ3v) is 4.31. The highest BCUT2D eigenvalue weighted by Crippen LogP contribution is 2.26. The van der Waals surface area contributed by atoms with Gasteiger partial charge in [0.1, 0.15) is 17.9 Å². The summed E-state index contributed by atoms with van der Waals surface area (Å²) in [6.07, 6.45) is 1.46. The zero-order valence-electron chi connectivity index (χ0n) is 16.5. The first-order valence-electron chi connectivity index (χ1n) is 9.21. The van der Waals surface area contributed by atoms with E-state index in [0.29, 0.717) is 6.61 Å². The summed E-state index contributed by atoms with van der Waals surface area (Å²) in [4.78, 5) is 25.1. The summed E-state index contributed by atoms with van der Waals surface area (Å²) in [6.45, 7) is 2.47. The maximum atomic E-state index is 12.6. The molecule has 0 bridgehead atoms. The van der Waals surface area contributed by atoms with Crippen molar-refractivity contribution in [2.24, 2.45) is 0 Å². The van der Waals surface area contributed by atoms with Crippen LogP contribution in [0.5, 0.6) is 5.75 Å². The van der Waals surface area contributed by atoms with Gasteiger partial charge in [-0.05, 0) is 38.6 Å². The molecular formula is C21H26N2O5. The number of nitrogens with zero attached hydrogens (tertiary/aromatic N) is 2. The van der Waals surface area contributed by atoms with E-state index in [1.807, 2.05) is 56.3 Å². The molecule has 0 radical (unpaired) electrons. The van der Waals surface area contributed by atoms with Gasteiger partial charge in [0.2, 0.25) is 0 Å². The number of carbonyl (C=O) groups is 1. The molecule has 0 N–H and O–H groups in total. The van der Waals surface area contributed by atoms with Crippen molar-refractivity contribution in [1.82, 2.24) is 4.90 Å². The number of non-ortho nitro benzene ring substituents is 1. The van der Waals surface area contributed by atoms with Gasteiger partial charge >= 0.3 is 5.97 Å². The van der Waals surface area contributed by atoms with Gasteiger partial charge in [-0.3, -0.25) is 10.1 Å². The van der Waals surface area contributed by atoms with Crippen molar-refractivity contribution in [3.63, 3.8) is 0 Å². The van der Waals surface area contributed by atoms with Crippen LogP contribution in [0, 0.1) is 10.1 Å². The first-order valence-corrected chi connectivity index (χ1v) is 9.21. The van der Waals surface area contributed by atoms with E-state index in [1.54, 1.807) is 0 Å². The molecule has 0 spiro atoms. The summed E-state index contributed by atoms with van der Waals surface area (Å²) >= 11 is 0. The number of hydrogen-bond donors (Lipinski definition) is 0. The van der Waals surface area contributed by atoms with E-state index in [1.165, 1.54) is 18.2 Å². The van der Waals surface area contributed by atoms with Crippen molar-refractivity contribution in [2.45, 2.75) is 25.8 Å². The molecule has 0 amide bonds. The van der Waals surface area contributed by atoms with Crippen molar-refractivity contribution >= 4 is 11.7 Å². The number of benzene rings is 2. The molecule has 0 saturated carbocycles. The fraction of sp³-hybridized carbons (Fsp3) is 0.381. The molecule has 2 aromatic carbocycles. The summed E-state index contributed by atoms with van der Waals surface area (Å²) in [6, 6.07) is 13.9. The molecule has 0 heterocycles. The maximum Gasteiger partial charge on any atom is 0.341 e. The average molecular weight is 386 g/mol. The quantitative estimate of drug-likeness (QED) is 0.352. The lowest BCUT2D eigenvalue weighted by atomic mass is 10.1. The van der Waals surface area contributed by atoms with E-state index in [9.17, 15) is 14.9 Å². The van der Waals surface area contributed by atoms with E-state index in [-0.39, 0.29) is 29.6 Å². The molecular weight excluding hydrogens is 360 g/mol. The van der Waals surface area contributed by atoms with Crippen LogP contribution in [0.1, 0.15) is 29.3 Å². The Morgan fingerprint density at radius 1 is 1.18 bits per heavy atom. The Labute approximate surface area is 165 Å². The van der Waals surface area contributed by atoms with E-state index in [4.69, 9.17) is 9.47 Å². The Morgan fingerprint density at radius 2 is 1.89 bits per heavy atom. The SMILES string of the molecule is CCCOc1cc([N+](=O)[O-])ccc1C(=O)OC[C@H](Cc1ccccc1)N(C)C. The minimum absolute atomic E-state index is 0.00408. The molecule has 0 aliphatic rings. The number of rotatable bonds is 10. The van der Waals surface area contributed by atoms with Crippen LogP contribution in [0.15, 0.2) is 48.5 Å². The Kier molecular flexibility index (Phi) is 7.95. The van der Waals surface area contributed by atoms with Gasteiger partial charge in [0.25, 0.3) is 5.69 Å². The first kappa shape index (κ1) is 21.4. The summed E-state index contributed by atoms with van der Waals surface area (Å²) in [5.41, 5.74) is 1.22. The summed E-state index contributed by atoms with van der Waals surface area (Å²) < 4.78 is 11.0. The minimum atomic E-state index is -0.555. The van der Waals surface area contributed by atoms with Crippen LogP contribution < -0.4 is 4.74 Å². The zero-order valence-corrected chi connectivity index (χ0v) is 16.5. The normalized spacial score (nSPS) is 11.9. The van der Waals surface area contributed by atoms with Crippen LogP contribution in [-0.2, 0) is 11.2 Å². The molecule has 0 aromatic heterocycles. The number of ether oxygens (including phenoxy) is 2. The number of carbonyl (C=O) groups excluding carboxylic acids is 1. The molecule has 7 heteroatoms. The summed E-state index contributed by atoms with van der Waals surface area (Å²) in [7, 11) is 3.87. The summed E-state index contributed by atoms with van der Waals surface area (Å²) in [5.74, 6) is -0.383. The molecule has 0 aliphatic heterocycles. The highest BCUT2D eigenvalue weighted by atomic mass is 16.6. The largest absolute Gasteiger partial charge is 0.492 e. The Morgan fingerprint density at radius 3 is 2.50 bits per heavy atom. The number of likely N-dealkylation sites (N-methyl/N-ethyl adjacent to an activating group) is 1. The third kappa shape index (κ3) is 6.06. The molecule has 150 valence electrons. The van der Waals surface area contributed by atoms with Crippen molar-refractivity contribution in [3.05, 3.63) is 69.8 Å². The second kappa shape index (κ2) is 10.4. The van der Waals surface area contributed by atoms with Gasteiger partial charge in [0, 0.05) is 12.1 Å². The van der Waals surface area contributed by atoms with Crippen molar-refractivity contribution in [3.8, 4) is 5.75 Å².